The number of fused-ring (bicyclic) bond motifs is 1. The van der Waals surface area contributed by atoms with Crippen molar-refractivity contribution in [1.29, 1.82) is 0 Å². The molecule has 0 atom stereocenters. The van der Waals surface area contributed by atoms with Crippen molar-refractivity contribution < 1.29 is 9.18 Å². The molecule has 0 radical (unpaired) electrons. The van der Waals surface area contributed by atoms with E-state index in [0.29, 0.717) is 17.6 Å². The summed E-state index contributed by atoms with van der Waals surface area (Å²) in [6.07, 6.45) is 3.94. The molecule has 0 bridgehead atoms. The van der Waals surface area contributed by atoms with Crippen LogP contribution in [-0.2, 0) is 13.1 Å². The Balaban J connectivity index is 1.34. The van der Waals surface area contributed by atoms with Crippen LogP contribution in [0.2, 0.25) is 0 Å². The number of carbonyl (C=O) groups is 1. The molecule has 5 heteroatoms. The van der Waals surface area contributed by atoms with Gasteiger partial charge in [-0.1, -0.05) is 30.7 Å². The summed E-state index contributed by atoms with van der Waals surface area (Å²) in [5.41, 5.74) is 3.57. The van der Waals surface area contributed by atoms with Crippen molar-refractivity contribution in [3.8, 4) is 0 Å². The molecule has 1 amide bonds. The summed E-state index contributed by atoms with van der Waals surface area (Å²) >= 11 is 0. The van der Waals surface area contributed by atoms with Crippen molar-refractivity contribution in [3.63, 3.8) is 0 Å². The fraction of sp³-hybridized carbons (Fsp3) is 0.318. The number of rotatable bonds is 5. The molecule has 3 aromatic rings. The SMILES string of the molecule is O=C(NCc1ccc(CN2CCCCC2)cc1)c1cc2cc(F)ccc2[nH]1. The summed E-state index contributed by atoms with van der Waals surface area (Å²) in [4.78, 5) is 17.9. The number of amides is 1. The summed E-state index contributed by atoms with van der Waals surface area (Å²) in [5, 5.41) is 3.61. The van der Waals surface area contributed by atoms with Crippen molar-refractivity contribution in [2.75, 3.05) is 13.1 Å². The maximum atomic E-state index is 13.3. The van der Waals surface area contributed by atoms with Crippen LogP contribution in [0, 0.1) is 5.82 Å². The molecule has 140 valence electrons. The zero-order chi connectivity index (χ0) is 18.6. The monoisotopic (exact) mass is 365 g/mol. The van der Waals surface area contributed by atoms with Gasteiger partial charge >= 0.3 is 0 Å². The number of hydrogen-bond donors (Lipinski definition) is 2. The lowest BCUT2D eigenvalue weighted by Crippen LogP contribution is -2.29. The van der Waals surface area contributed by atoms with E-state index < -0.39 is 0 Å². The van der Waals surface area contributed by atoms with Crippen molar-refractivity contribution >= 4 is 16.8 Å². The van der Waals surface area contributed by atoms with E-state index in [1.54, 1.807) is 12.1 Å². The molecule has 0 saturated carbocycles. The van der Waals surface area contributed by atoms with Gasteiger partial charge in [0.1, 0.15) is 11.5 Å². The number of benzene rings is 2. The average Bonchev–Trinajstić information content (AvgIpc) is 3.11. The van der Waals surface area contributed by atoms with Crippen molar-refractivity contribution in [2.45, 2.75) is 32.4 Å². The number of aromatic nitrogens is 1. The minimum absolute atomic E-state index is 0.191. The molecular formula is C22H24FN3O. The molecule has 0 unspecified atom stereocenters. The van der Waals surface area contributed by atoms with Gasteiger partial charge in [-0.15, -0.1) is 0 Å². The van der Waals surface area contributed by atoms with E-state index in [4.69, 9.17) is 0 Å². The highest BCUT2D eigenvalue weighted by Crippen LogP contribution is 2.17. The number of H-pyrrole nitrogens is 1. The second-order valence-electron chi connectivity index (χ2n) is 7.25. The lowest BCUT2D eigenvalue weighted by Gasteiger charge is -2.26. The van der Waals surface area contributed by atoms with E-state index in [1.165, 1.54) is 50.0 Å². The Morgan fingerprint density at radius 1 is 1.00 bits per heavy atom. The standard InChI is InChI=1S/C22H24FN3O/c23-19-8-9-20-18(12-19)13-21(25-20)22(27)24-14-16-4-6-17(7-5-16)15-26-10-2-1-3-11-26/h4-9,12-13,25H,1-3,10-11,14-15H2,(H,24,27). The molecule has 1 aliphatic heterocycles. The van der Waals surface area contributed by atoms with Crippen molar-refractivity contribution in [3.05, 3.63) is 71.2 Å². The quantitative estimate of drug-likeness (QED) is 0.711. The lowest BCUT2D eigenvalue weighted by atomic mass is 10.1. The van der Waals surface area contributed by atoms with E-state index in [1.807, 2.05) is 0 Å². The Hall–Kier alpha value is -2.66. The first kappa shape index (κ1) is 17.7. The minimum Gasteiger partial charge on any atom is -0.351 e. The molecule has 4 nitrogen and oxygen atoms in total. The number of aromatic amines is 1. The number of likely N-dealkylation sites (tertiary alicyclic amines) is 1. The number of piperidine rings is 1. The van der Waals surface area contributed by atoms with Gasteiger partial charge in [-0.25, -0.2) is 4.39 Å². The number of nitrogens with one attached hydrogen (secondary N) is 2. The summed E-state index contributed by atoms with van der Waals surface area (Å²) in [6, 6.07) is 14.5. The predicted molar refractivity (Wildman–Crippen MR) is 105 cm³/mol. The fourth-order valence-corrected chi connectivity index (χ4v) is 3.64. The van der Waals surface area contributed by atoms with Crippen LogP contribution in [0.1, 0.15) is 40.9 Å². The third-order valence-electron chi connectivity index (χ3n) is 5.16. The molecule has 1 aliphatic rings. The maximum Gasteiger partial charge on any atom is 0.267 e. The third-order valence-corrected chi connectivity index (χ3v) is 5.16. The zero-order valence-electron chi connectivity index (χ0n) is 15.3. The van der Waals surface area contributed by atoms with E-state index in [0.717, 1.165) is 17.6 Å². The highest BCUT2D eigenvalue weighted by atomic mass is 19.1. The maximum absolute atomic E-state index is 13.3. The van der Waals surface area contributed by atoms with E-state index in [-0.39, 0.29) is 11.7 Å². The largest absolute Gasteiger partial charge is 0.351 e. The van der Waals surface area contributed by atoms with E-state index in [9.17, 15) is 9.18 Å². The Morgan fingerprint density at radius 3 is 2.52 bits per heavy atom. The minimum atomic E-state index is -0.307. The zero-order valence-corrected chi connectivity index (χ0v) is 15.3. The van der Waals surface area contributed by atoms with Crippen LogP contribution in [0.15, 0.2) is 48.5 Å². The fourth-order valence-electron chi connectivity index (χ4n) is 3.64. The second kappa shape index (κ2) is 7.92. The van der Waals surface area contributed by atoms with E-state index >= 15 is 0 Å². The molecular weight excluding hydrogens is 341 g/mol. The van der Waals surface area contributed by atoms with Gasteiger partial charge in [0, 0.05) is 24.0 Å². The first-order valence-corrected chi connectivity index (χ1v) is 9.54. The van der Waals surface area contributed by atoms with Gasteiger partial charge in [-0.3, -0.25) is 9.69 Å². The number of carbonyl (C=O) groups excluding carboxylic acids is 1. The summed E-state index contributed by atoms with van der Waals surface area (Å²) < 4.78 is 13.3. The van der Waals surface area contributed by atoms with Crippen LogP contribution in [0.25, 0.3) is 10.9 Å². The van der Waals surface area contributed by atoms with Crippen LogP contribution in [-0.4, -0.2) is 28.9 Å². The van der Waals surface area contributed by atoms with Gasteiger partial charge in [0.25, 0.3) is 5.91 Å². The Kier molecular flexibility index (Phi) is 5.21. The molecule has 4 rings (SSSR count). The van der Waals surface area contributed by atoms with Gasteiger partial charge in [-0.05, 0) is 61.3 Å². The second-order valence-corrected chi connectivity index (χ2v) is 7.25. The molecule has 2 heterocycles. The van der Waals surface area contributed by atoms with E-state index in [2.05, 4.69) is 39.5 Å². The first-order chi connectivity index (χ1) is 13.2. The molecule has 27 heavy (non-hydrogen) atoms. The highest BCUT2D eigenvalue weighted by Gasteiger charge is 2.11. The smallest absolute Gasteiger partial charge is 0.267 e. The van der Waals surface area contributed by atoms with Gasteiger partial charge in [0.2, 0.25) is 0 Å². The topological polar surface area (TPSA) is 48.1 Å². The van der Waals surface area contributed by atoms with Gasteiger partial charge < -0.3 is 10.3 Å². The highest BCUT2D eigenvalue weighted by molar-refractivity contribution is 5.97. The van der Waals surface area contributed by atoms with Gasteiger partial charge in [0.15, 0.2) is 0 Å². The number of nitrogens with zero attached hydrogens (tertiary/aromatic N) is 1. The molecule has 0 aliphatic carbocycles. The summed E-state index contributed by atoms with van der Waals surface area (Å²) in [6.45, 7) is 3.84. The Labute approximate surface area is 158 Å². The third kappa shape index (κ3) is 4.37. The average molecular weight is 365 g/mol. The van der Waals surface area contributed by atoms with Crippen LogP contribution in [0.5, 0.6) is 0 Å². The lowest BCUT2D eigenvalue weighted by molar-refractivity contribution is 0.0946. The van der Waals surface area contributed by atoms with Crippen LogP contribution in [0.4, 0.5) is 4.39 Å². The predicted octanol–water partition coefficient (Wildman–Crippen LogP) is 4.22. The normalized spacial score (nSPS) is 15.1. The van der Waals surface area contributed by atoms with Crippen molar-refractivity contribution in [1.82, 2.24) is 15.2 Å². The molecule has 2 aromatic carbocycles. The Bertz CT molecular complexity index is 926. The molecule has 1 fully saturated rings. The summed E-state index contributed by atoms with van der Waals surface area (Å²) in [7, 11) is 0. The van der Waals surface area contributed by atoms with Crippen LogP contribution in [0.3, 0.4) is 0 Å². The first-order valence-electron chi connectivity index (χ1n) is 9.54. The molecule has 1 aromatic heterocycles. The number of halogens is 1. The van der Waals surface area contributed by atoms with Gasteiger partial charge in [-0.2, -0.15) is 0 Å². The molecule has 2 N–H and O–H groups in total. The Morgan fingerprint density at radius 2 is 1.74 bits per heavy atom. The van der Waals surface area contributed by atoms with Crippen LogP contribution >= 0.6 is 0 Å². The molecule has 1 saturated heterocycles. The summed E-state index contributed by atoms with van der Waals surface area (Å²) in [5.74, 6) is -0.498. The van der Waals surface area contributed by atoms with Crippen molar-refractivity contribution in [2.24, 2.45) is 0 Å². The van der Waals surface area contributed by atoms with Gasteiger partial charge in [0.05, 0.1) is 0 Å². The number of hydrogen-bond acceptors (Lipinski definition) is 2. The molecule has 0 spiro atoms. The van der Waals surface area contributed by atoms with Crippen LogP contribution < -0.4 is 5.32 Å².